The molecule has 0 aliphatic heterocycles. The molecule has 0 amide bonds. The summed E-state index contributed by atoms with van der Waals surface area (Å²) in [5.74, 6) is -2.20. The molecule has 0 aliphatic rings. The quantitative estimate of drug-likeness (QED) is 0.575. The number of benzene rings is 2. The number of rotatable bonds is 7. The molecule has 1 atom stereocenters. The summed E-state index contributed by atoms with van der Waals surface area (Å²) in [5, 5.41) is 8.34. The second-order valence-corrected chi connectivity index (χ2v) is 9.57. The van der Waals surface area contributed by atoms with Gasteiger partial charge in [-0.1, -0.05) is 37.3 Å². The lowest BCUT2D eigenvalue weighted by Gasteiger charge is -2.20. The minimum atomic E-state index is -4.22. The van der Waals surface area contributed by atoms with E-state index in [1.165, 1.54) is 12.1 Å². The average Bonchev–Trinajstić information content (AvgIpc) is 3.05. The van der Waals surface area contributed by atoms with Gasteiger partial charge in [-0.05, 0) is 41.7 Å². The topological polar surface area (TPSA) is 72.0 Å². The van der Waals surface area contributed by atoms with Crippen LogP contribution in [0.1, 0.15) is 30.3 Å². The van der Waals surface area contributed by atoms with Gasteiger partial charge in [0.2, 0.25) is 5.13 Å². The van der Waals surface area contributed by atoms with Gasteiger partial charge in [0, 0.05) is 12.5 Å². The first-order chi connectivity index (χ1) is 13.6. The van der Waals surface area contributed by atoms with Crippen molar-refractivity contribution in [3.8, 4) is 0 Å². The third-order valence-electron chi connectivity index (χ3n) is 4.31. The Bertz CT molecular complexity index is 1100. The molecular weight excluding hydrogens is 423 g/mol. The zero-order valence-electron chi connectivity index (χ0n) is 15.6. The third kappa shape index (κ3) is 5.33. The number of hydrogen-bond acceptors (Lipinski definition) is 5. The van der Waals surface area contributed by atoms with E-state index in [9.17, 15) is 21.6 Å². The minimum Gasteiger partial charge on any atom is -0.253 e. The van der Waals surface area contributed by atoms with Crippen LogP contribution in [0.2, 0.25) is 0 Å². The molecule has 0 spiro atoms. The van der Waals surface area contributed by atoms with Crippen molar-refractivity contribution in [2.45, 2.75) is 31.1 Å². The first kappa shape index (κ1) is 21.3. The van der Waals surface area contributed by atoms with Crippen LogP contribution in [0.25, 0.3) is 0 Å². The van der Waals surface area contributed by atoms with Crippen molar-refractivity contribution in [2.24, 2.45) is 5.92 Å². The number of anilines is 1. The van der Waals surface area contributed by atoms with Crippen molar-refractivity contribution >= 4 is 26.5 Å². The highest BCUT2D eigenvalue weighted by atomic mass is 32.2. The van der Waals surface area contributed by atoms with Crippen LogP contribution in [0.4, 0.5) is 18.3 Å². The van der Waals surface area contributed by atoms with E-state index >= 15 is 0 Å². The molecule has 3 rings (SSSR count). The van der Waals surface area contributed by atoms with Crippen molar-refractivity contribution in [3.05, 3.63) is 70.5 Å². The van der Waals surface area contributed by atoms with Crippen molar-refractivity contribution in [1.29, 1.82) is 0 Å². The van der Waals surface area contributed by atoms with Crippen LogP contribution in [0.5, 0.6) is 0 Å². The molecular formula is C19H18F3N3O2S2. The normalized spacial score (nSPS) is 12.9. The SMILES string of the molecule is CC(C)C(Cc1nnc(NS(=O)(=O)c2cc(F)cc(F)c2)s1)c1cccc(F)c1. The Kier molecular flexibility index (Phi) is 6.23. The largest absolute Gasteiger partial charge is 0.263 e. The molecule has 1 unspecified atom stereocenters. The van der Waals surface area contributed by atoms with Crippen LogP contribution in [0, 0.1) is 23.4 Å². The average molecular weight is 442 g/mol. The summed E-state index contributed by atoms with van der Waals surface area (Å²) in [6, 6.07) is 8.31. The van der Waals surface area contributed by atoms with E-state index in [1.807, 2.05) is 19.9 Å². The summed E-state index contributed by atoms with van der Waals surface area (Å²) in [6.07, 6.45) is 0.440. The van der Waals surface area contributed by atoms with Crippen LogP contribution in [-0.2, 0) is 16.4 Å². The molecule has 0 saturated heterocycles. The number of halogens is 3. The smallest absolute Gasteiger partial charge is 0.253 e. The number of aromatic nitrogens is 2. The fourth-order valence-corrected chi connectivity index (χ4v) is 4.97. The van der Waals surface area contributed by atoms with Crippen molar-refractivity contribution in [2.75, 3.05) is 4.72 Å². The molecule has 0 fully saturated rings. The molecule has 0 radical (unpaired) electrons. The minimum absolute atomic E-state index is 0.0218. The number of nitrogens with zero attached hydrogens (tertiary/aromatic N) is 2. The van der Waals surface area contributed by atoms with E-state index in [2.05, 4.69) is 14.9 Å². The Hall–Kier alpha value is -2.46. The summed E-state index contributed by atoms with van der Waals surface area (Å²) < 4.78 is 67.1. The zero-order valence-corrected chi connectivity index (χ0v) is 17.2. The van der Waals surface area contributed by atoms with E-state index < -0.39 is 26.6 Å². The second kappa shape index (κ2) is 8.50. The number of sulfonamides is 1. The molecule has 2 aromatic carbocycles. The third-order valence-corrected chi connectivity index (χ3v) is 6.62. The first-order valence-corrected chi connectivity index (χ1v) is 11.0. The fourth-order valence-electron chi connectivity index (χ4n) is 2.90. The van der Waals surface area contributed by atoms with Crippen molar-refractivity contribution < 1.29 is 21.6 Å². The molecule has 0 saturated carbocycles. The predicted molar refractivity (Wildman–Crippen MR) is 105 cm³/mol. The number of hydrogen-bond donors (Lipinski definition) is 1. The lowest BCUT2D eigenvalue weighted by atomic mass is 9.86. The monoisotopic (exact) mass is 441 g/mol. The Morgan fingerprint density at radius 2 is 1.69 bits per heavy atom. The highest BCUT2D eigenvalue weighted by Gasteiger charge is 2.22. The maximum Gasteiger partial charge on any atom is 0.263 e. The van der Waals surface area contributed by atoms with Crippen LogP contribution < -0.4 is 4.72 Å². The van der Waals surface area contributed by atoms with Gasteiger partial charge in [-0.25, -0.2) is 21.6 Å². The van der Waals surface area contributed by atoms with Gasteiger partial charge in [-0.3, -0.25) is 4.72 Å². The summed E-state index contributed by atoms with van der Waals surface area (Å²) in [6.45, 7) is 4.00. The Labute approximate surface area is 170 Å². The molecule has 1 heterocycles. The molecule has 154 valence electrons. The van der Waals surface area contributed by atoms with Gasteiger partial charge in [0.1, 0.15) is 22.5 Å². The van der Waals surface area contributed by atoms with Gasteiger partial charge >= 0.3 is 0 Å². The van der Waals surface area contributed by atoms with Crippen LogP contribution in [0.3, 0.4) is 0 Å². The first-order valence-electron chi connectivity index (χ1n) is 8.71. The molecule has 5 nitrogen and oxygen atoms in total. The Morgan fingerprint density at radius 3 is 2.31 bits per heavy atom. The van der Waals surface area contributed by atoms with Crippen molar-refractivity contribution in [3.63, 3.8) is 0 Å². The lowest BCUT2D eigenvalue weighted by Crippen LogP contribution is -2.13. The molecule has 29 heavy (non-hydrogen) atoms. The van der Waals surface area contributed by atoms with Crippen molar-refractivity contribution in [1.82, 2.24) is 10.2 Å². The van der Waals surface area contributed by atoms with Crippen LogP contribution in [0.15, 0.2) is 47.4 Å². The second-order valence-electron chi connectivity index (χ2n) is 6.82. The summed E-state index contributed by atoms with van der Waals surface area (Å²) >= 11 is 1.01. The highest BCUT2D eigenvalue weighted by Crippen LogP contribution is 2.31. The fraction of sp³-hybridized carbons (Fsp3) is 0.263. The van der Waals surface area contributed by atoms with Gasteiger partial charge in [-0.2, -0.15) is 0 Å². The summed E-state index contributed by atoms with van der Waals surface area (Å²) in [4.78, 5) is -0.549. The van der Waals surface area contributed by atoms with Gasteiger partial charge in [-0.15, -0.1) is 10.2 Å². The van der Waals surface area contributed by atoms with Gasteiger partial charge in [0.15, 0.2) is 0 Å². The predicted octanol–water partition coefficient (Wildman–Crippen LogP) is 4.74. The molecule has 1 N–H and O–H groups in total. The lowest BCUT2D eigenvalue weighted by molar-refractivity contribution is 0.490. The van der Waals surface area contributed by atoms with Crippen LogP contribution in [-0.4, -0.2) is 18.6 Å². The maximum absolute atomic E-state index is 13.6. The molecule has 1 aromatic heterocycles. The van der Waals surface area contributed by atoms with Gasteiger partial charge in [0.25, 0.3) is 10.0 Å². The highest BCUT2D eigenvalue weighted by molar-refractivity contribution is 7.93. The standard InChI is InChI=1S/C19H18F3N3O2S2/c1-11(2)17(12-4-3-5-13(20)6-12)10-18-23-24-19(28-18)25-29(26,27)16-8-14(21)7-15(22)9-16/h3-9,11,17H,10H2,1-2H3,(H,24,25). The van der Waals surface area contributed by atoms with Gasteiger partial charge in [0.05, 0.1) is 4.90 Å². The van der Waals surface area contributed by atoms with E-state index in [1.54, 1.807) is 6.07 Å². The summed E-state index contributed by atoms with van der Waals surface area (Å²) in [7, 11) is -4.22. The van der Waals surface area contributed by atoms with Gasteiger partial charge < -0.3 is 0 Å². The molecule has 0 bridgehead atoms. The summed E-state index contributed by atoms with van der Waals surface area (Å²) in [5.41, 5.74) is 0.813. The van der Waals surface area contributed by atoms with E-state index in [0.29, 0.717) is 29.6 Å². The molecule has 3 aromatic rings. The zero-order chi connectivity index (χ0) is 21.2. The maximum atomic E-state index is 13.6. The van der Waals surface area contributed by atoms with E-state index in [0.717, 1.165) is 16.9 Å². The van der Waals surface area contributed by atoms with E-state index in [4.69, 9.17) is 0 Å². The number of nitrogens with one attached hydrogen (secondary N) is 1. The molecule has 0 aliphatic carbocycles. The Morgan fingerprint density at radius 1 is 1.00 bits per heavy atom. The van der Waals surface area contributed by atoms with E-state index in [-0.39, 0.29) is 22.8 Å². The van der Waals surface area contributed by atoms with Crippen LogP contribution >= 0.6 is 11.3 Å². The Balaban J connectivity index is 1.79. The molecule has 10 heteroatoms.